The highest BCUT2D eigenvalue weighted by Crippen LogP contribution is 2.34. The van der Waals surface area contributed by atoms with Crippen LogP contribution in [-0.4, -0.2) is 170 Å². The number of hydrogen-bond acceptors (Lipinski definition) is 17. The van der Waals surface area contributed by atoms with Crippen molar-refractivity contribution in [2.24, 2.45) is 4.99 Å². The van der Waals surface area contributed by atoms with Crippen molar-refractivity contribution in [2.45, 2.75) is 39.4 Å². The molecule has 19 heteroatoms. The van der Waals surface area contributed by atoms with Crippen molar-refractivity contribution in [1.29, 1.82) is 0 Å². The molecule has 0 saturated heterocycles. The summed E-state index contributed by atoms with van der Waals surface area (Å²) in [5.74, 6) is -0.959. The maximum atomic E-state index is 15.0. The minimum absolute atomic E-state index is 0.0103. The first-order valence-corrected chi connectivity index (χ1v) is 22.6. The van der Waals surface area contributed by atoms with Crippen molar-refractivity contribution < 1.29 is 79.4 Å². The summed E-state index contributed by atoms with van der Waals surface area (Å²) in [5, 5.41) is 0. The zero-order valence-corrected chi connectivity index (χ0v) is 39.5. The molecule has 0 aromatic heterocycles. The summed E-state index contributed by atoms with van der Waals surface area (Å²) in [4.78, 5) is 32.2. The van der Waals surface area contributed by atoms with E-state index in [0.717, 1.165) is 0 Å². The number of carbonyl (C=O) groups excluding carboxylic acids is 2. The molecule has 0 unspecified atom stereocenters. The summed E-state index contributed by atoms with van der Waals surface area (Å²) in [6.07, 6.45) is 3.74. The Kier molecular flexibility index (Phi) is 25.2. The quantitative estimate of drug-likeness (QED) is 0.0346. The van der Waals surface area contributed by atoms with Crippen LogP contribution in [0.5, 0.6) is 11.5 Å². The van der Waals surface area contributed by atoms with E-state index in [1.54, 1.807) is 90.8 Å². The van der Waals surface area contributed by atoms with Gasteiger partial charge in [0, 0.05) is 40.6 Å². The Morgan fingerprint density at radius 2 is 1.20 bits per heavy atom. The van der Waals surface area contributed by atoms with Gasteiger partial charge in [-0.15, -0.1) is 0 Å². The van der Waals surface area contributed by atoms with Crippen LogP contribution in [0.3, 0.4) is 0 Å². The molecule has 1 N–H and O–H groups in total. The largest absolute Gasteiger partial charge is 0.486 e. The molecule has 0 amide bonds. The van der Waals surface area contributed by atoms with Gasteiger partial charge in [0.05, 0.1) is 109 Å². The Balaban J connectivity index is 2.28. The summed E-state index contributed by atoms with van der Waals surface area (Å²) in [6, 6.07) is 8.39. The number of esters is 2. The van der Waals surface area contributed by atoms with Crippen molar-refractivity contribution in [2.75, 3.05) is 127 Å². The first-order valence-electron chi connectivity index (χ1n) is 21.0. The molecule has 0 aliphatic heterocycles. The van der Waals surface area contributed by atoms with Crippen LogP contribution in [0.15, 0.2) is 64.9 Å². The third kappa shape index (κ3) is 19.8. The normalized spacial score (nSPS) is 14.3. The molecule has 0 heterocycles. The van der Waals surface area contributed by atoms with E-state index in [-0.39, 0.29) is 61.9 Å². The standard InChI is InChI=1S/C46H65NO17S/c1-32-10-11-36(62-38(28-58-19-15-53-4)29-59-20-16-54-5)26-40(32)43(46(49)64-44-33(2)24-35(25-34(44)3)45(48)57-8)41-27-37(12-13-42(41)47-14-9-23-65(50,51)52)63-39(30-60-21-17-55-6)31-61-22-18-56-7/h10-13,24-27,38-39H,9,14-23,28-31H2,1-8H3,(H,50,51,52)/b43-41+,47-42?. The summed E-state index contributed by atoms with van der Waals surface area (Å²) in [6.45, 7) is 8.56. The summed E-state index contributed by atoms with van der Waals surface area (Å²) in [5.41, 5.74) is 2.94. The van der Waals surface area contributed by atoms with E-state index < -0.39 is 40.0 Å². The molecule has 2 aromatic rings. The van der Waals surface area contributed by atoms with Crippen molar-refractivity contribution >= 4 is 33.3 Å². The molecule has 3 rings (SSSR count). The van der Waals surface area contributed by atoms with Gasteiger partial charge >= 0.3 is 11.9 Å². The fourth-order valence-electron chi connectivity index (χ4n) is 6.22. The molecule has 0 radical (unpaired) electrons. The van der Waals surface area contributed by atoms with Crippen LogP contribution in [0.1, 0.15) is 39.0 Å². The highest BCUT2D eigenvalue weighted by Gasteiger charge is 2.28. The molecule has 1 aliphatic carbocycles. The number of allylic oxidation sites excluding steroid dienone is 4. The molecule has 65 heavy (non-hydrogen) atoms. The van der Waals surface area contributed by atoms with Crippen LogP contribution >= 0.6 is 0 Å². The highest BCUT2D eigenvalue weighted by molar-refractivity contribution is 7.85. The number of methoxy groups -OCH3 is 5. The SMILES string of the molecule is COCCOCC(COCCOC)OC1=C/C(=C(\C(=O)Oc2c(C)cc(C(=O)OC)cc2C)c2cc(OC(COCCOC)COCCOC)ccc2C)C(=NCCCS(=O)(=O)O)C=C1. The van der Waals surface area contributed by atoms with Gasteiger partial charge in [0.25, 0.3) is 10.1 Å². The number of benzene rings is 2. The second kappa shape index (κ2) is 29.9. The Morgan fingerprint density at radius 1 is 0.677 bits per heavy atom. The molecule has 0 fully saturated rings. The van der Waals surface area contributed by atoms with Gasteiger partial charge in [-0.05, 0) is 91.9 Å². The smallest absolute Gasteiger partial charge is 0.344 e. The number of ether oxygens (including phenoxy) is 12. The summed E-state index contributed by atoms with van der Waals surface area (Å²) >= 11 is 0. The lowest BCUT2D eigenvalue weighted by Gasteiger charge is -2.24. The van der Waals surface area contributed by atoms with E-state index in [1.165, 1.54) is 7.11 Å². The average Bonchev–Trinajstić information content (AvgIpc) is 3.27. The number of nitrogens with zero attached hydrogens (tertiary/aromatic N) is 1. The second-order valence-electron chi connectivity index (χ2n) is 14.6. The van der Waals surface area contributed by atoms with Crippen molar-refractivity contribution in [1.82, 2.24) is 0 Å². The minimum Gasteiger partial charge on any atom is -0.486 e. The fourth-order valence-corrected chi connectivity index (χ4v) is 6.71. The third-order valence-corrected chi connectivity index (χ3v) is 10.2. The molecule has 1 aliphatic rings. The van der Waals surface area contributed by atoms with Crippen LogP contribution in [0.2, 0.25) is 0 Å². The number of rotatable bonds is 32. The third-order valence-electron chi connectivity index (χ3n) is 9.39. The Bertz CT molecular complexity index is 2000. The van der Waals surface area contributed by atoms with Gasteiger partial charge < -0.3 is 56.8 Å². The Hall–Kier alpha value is -4.54. The lowest BCUT2D eigenvalue weighted by molar-refractivity contribution is -0.128. The van der Waals surface area contributed by atoms with E-state index in [2.05, 4.69) is 0 Å². The van der Waals surface area contributed by atoms with Gasteiger partial charge in [-0.3, -0.25) is 9.55 Å². The van der Waals surface area contributed by atoms with E-state index in [1.807, 2.05) is 6.92 Å². The van der Waals surface area contributed by atoms with Gasteiger partial charge in [-0.2, -0.15) is 8.42 Å². The monoisotopic (exact) mass is 935 g/mol. The lowest BCUT2D eigenvalue weighted by Crippen LogP contribution is -2.30. The first kappa shape index (κ1) is 54.8. The van der Waals surface area contributed by atoms with Crippen molar-refractivity contribution in [3.63, 3.8) is 0 Å². The number of aliphatic imine (C=N–C) groups is 1. The van der Waals surface area contributed by atoms with Crippen molar-refractivity contribution in [3.05, 3.63) is 87.7 Å². The van der Waals surface area contributed by atoms with Crippen LogP contribution in [0.4, 0.5) is 0 Å². The summed E-state index contributed by atoms with van der Waals surface area (Å²) in [7, 11) is 3.31. The van der Waals surface area contributed by atoms with Crippen LogP contribution < -0.4 is 9.47 Å². The second-order valence-corrected chi connectivity index (χ2v) is 16.2. The minimum atomic E-state index is -4.27. The molecule has 0 atom stereocenters. The molecular weight excluding hydrogens is 871 g/mol. The van der Waals surface area contributed by atoms with E-state index in [9.17, 15) is 17.8 Å². The predicted octanol–water partition coefficient (Wildman–Crippen LogP) is 4.71. The van der Waals surface area contributed by atoms with E-state index in [4.69, 9.17) is 61.8 Å². The van der Waals surface area contributed by atoms with E-state index in [0.29, 0.717) is 92.3 Å². The maximum absolute atomic E-state index is 15.0. The van der Waals surface area contributed by atoms with Gasteiger partial charge in [0.15, 0.2) is 0 Å². The Morgan fingerprint density at radius 3 is 1.69 bits per heavy atom. The molecule has 0 spiro atoms. The van der Waals surface area contributed by atoms with Gasteiger partial charge in [0.2, 0.25) is 0 Å². The zero-order valence-electron chi connectivity index (χ0n) is 38.7. The van der Waals surface area contributed by atoms with Crippen LogP contribution in [0, 0.1) is 20.8 Å². The molecule has 0 saturated carbocycles. The average molecular weight is 936 g/mol. The predicted molar refractivity (Wildman–Crippen MR) is 242 cm³/mol. The van der Waals surface area contributed by atoms with E-state index >= 15 is 4.79 Å². The lowest BCUT2D eigenvalue weighted by atomic mass is 9.90. The number of hydrogen-bond donors (Lipinski definition) is 1. The topological polar surface area (TPSA) is 212 Å². The fraction of sp³-hybridized carbons (Fsp3) is 0.543. The molecule has 2 aromatic carbocycles. The maximum Gasteiger partial charge on any atom is 0.344 e. The molecule has 18 nitrogen and oxygen atoms in total. The van der Waals surface area contributed by atoms with Gasteiger partial charge in [-0.1, -0.05) is 6.07 Å². The highest BCUT2D eigenvalue weighted by atomic mass is 32.2. The number of aryl methyl sites for hydroxylation is 3. The molecule has 0 bridgehead atoms. The zero-order chi connectivity index (χ0) is 47.6. The van der Waals surface area contributed by atoms with Gasteiger partial charge in [0.1, 0.15) is 29.5 Å². The Labute approximate surface area is 382 Å². The number of carbonyl (C=O) groups is 2. The molecular formula is C46H65NO17S. The van der Waals surface area contributed by atoms with Crippen LogP contribution in [0.25, 0.3) is 5.57 Å². The summed E-state index contributed by atoms with van der Waals surface area (Å²) < 4.78 is 101. The van der Waals surface area contributed by atoms with Crippen LogP contribution in [-0.2, 0) is 62.3 Å². The van der Waals surface area contributed by atoms with Crippen molar-refractivity contribution in [3.8, 4) is 11.5 Å². The first-order chi connectivity index (χ1) is 31.2. The van der Waals surface area contributed by atoms with Gasteiger partial charge in [-0.25, -0.2) is 9.59 Å². The molecule has 362 valence electrons.